The Hall–Kier alpha value is -1.95. The van der Waals surface area contributed by atoms with Gasteiger partial charge in [-0.15, -0.1) is 0 Å². The van der Waals surface area contributed by atoms with Crippen molar-refractivity contribution in [1.29, 1.82) is 0 Å². The molecule has 3 amide bonds. The Morgan fingerprint density at radius 3 is 2.29 bits per heavy atom. The molecule has 0 saturated carbocycles. The Morgan fingerprint density at radius 1 is 1.00 bits per heavy atom. The average molecular weight is 449 g/mol. The van der Waals surface area contributed by atoms with Gasteiger partial charge in [0.1, 0.15) is 18.2 Å². The molecule has 0 aromatic carbocycles. The van der Waals surface area contributed by atoms with E-state index in [1.165, 1.54) is 0 Å². The van der Waals surface area contributed by atoms with Crippen molar-refractivity contribution in [3.05, 3.63) is 0 Å². The van der Waals surface area contributed by atoms with Gasteiger partial charge in [-0.05, 0) is 34.1 Å². The fraction of sp³-hybridized carbons (Fsp3) is 0.850. The standard InChI is InChI=1S/C20H40N4O7/c1-7-8-10-30-15(2)17(18(26)24-21-6)23-16(25)14-29-13-12-28-11-9-22-19(27)31-20(3,4)5/h15,17,21H,7-14H2,1-6H3,(H,22,27)(H,23,25)(H,24,26)/t15?,17-/m1/s1. The Bertz CT molecular complexity index is 526. The van der Waals surface area contributed by atoms with Gasteiger partial charge in [0.15, 0.2) is 0 Å². The molecule has 182 valence electrons. The molecule has 11 heteroatoms. The van der Waals surface area contributed by atoms with Crippen molar-refractivity contribution in [3.63, 3.8) is 0 Å². The monoisotopic (exact) mass is 448 g/mol. The smallest absolute Gasteiger partial charge is 0.407 e. The number of carbonyl (C=O) groups excluding carboxylic acids is 3. The van der Waals surface area contributed by atoms with Crippen LogP contribution in [0.1, 0.15) is 47.5 Å². The SMILES string of the molecule is CCCCOC(C)[C@@H](NC(=O)COCCOCCNC(=O)OC(C)(C)C)C(=O)NNC. The first-order valence-corrected chi connectivity index (χ1v) is 10.6. The number of hydrogen-bond donors (Lipinski definition) is 4. The second-order valence-electron chi connectivity index (χ2n) is 7.81. The van der Waals surface area contributed by atoms with Crippen molar-refractivity contribution in [2.24, 2.45) is 0 Å². The molecule has 0 saturated heterocycles. The van der Waals surface area contributed by atoms with Gasteiger partial charge in [-0.3, -0.25) is 15.0 Å². The first-order chi connectivity index (χ1) is 14.6. The maximum absolute atomic E-state index is 12.2. The molecule has 2 atom stereocenters. The molecule has 0 spiro atoms. The number of amides is 3. The van der Waals surface area contributed by atoms with E-state index in [0.717, 1.165) is 12.8 Å². The lowest BCUT2D eigenvalue weighted by molar-refractivity contribution is -0.135. The minimum atomic E-state index is -0.851. The van der Waals surface area contributed by atoms with Gasteiger partial charge in [-0.2, -0.15) is 0 Å². The molecular formula is C20H40N4O7. The molecule has 0 aromatic rings. The molecule has 11 nitrogen and oxygen atoms in total. The van der Waals surface area contributed by atoms with Crippen LogP contribution in [0.2, 0.25) is 0 Å². The summed E-state index contributed by atoms with van der Waals surface area (Å²) in [5.41, 5.74) is 4.45. The Kier molecular flexibility index (Phi) is 15.7. The summed E-state index contributed by atoms with van der Waals surface area (Å²) in [5, 5.41) is 5.20. The number of hydrazine groups is 1. The van der Waals surface area contributed by atoms with Gasteiger partial charge in [-0.1, -0.05) is 13.3 Å². The molecule has 0 aliphatic heterocycles. The number of hydrogen-bond acceptors (Lipinski definition) is 8. The van der Waals surface area contributed by atoms with Crippen LogP contribution in [0.3, 0.4) is 0 Å². The number of ether oxygens (including phenoxy) is 4. The summed E-state index contributed by atoms with van der Waals surface area (Å²) >= 11 is 0. The van der Waals surface area contributed by atoms with E-state index < -0.39 is 35.7 Å². The summed E-state index contributed by atoms with van der Waals surface area (Å²) in [4.78, 5) is 35.8. The average Bonchev–Trinajstić information content (AvgIpc) is 2.67. The zero-order valence-electron chi connectivity index (χ0n) is 19.7. The van der Waals surface area contributed by atoms with Gasteiger partial charge in [0.25, 0.3) is 5.91 Å². The van der Waals surface area contributed by atoms with Crippen LogP contribution in [-0.4, -0.2) is 82.3 Å². The van der Waals surface area contributed by atoms with E-state index in [1.807, 2.05) is 6.92 Å². The molecular weight excluding hydrogens is 408 g/mol. The predicted molar refractivity (Wildman–Crippen MR) is 115 cm³/mol. The summed E-state index contributed by atoms with van der Waals surface area (Å²) in [6.07, 6.45) is 0.840. The summed E-state index contributed by atoms with van der Waals surface area (Å²) in [7, 11) is 1.56. The van der Waals surface area contributed by atoms with Crippen LogP contribution in [-0.2, 0) is 28.5 Å². The van der Waals surface area contributed by atoms with Crippen LogP contribution in [0.4, 0.5) is 4.79 Å². The molecule has 31 heavy (non-hydrogen) atoms. The van der Waals surface area contributed by atoms with Crippen LogP contribution in [0.5, 0.6) is 0 Å². The molecule has 0 heterocycles. The van der Waals surface area contributed by atoms with E-state index in [4.69, 9.17) is 18.9 Å². The zero-order valence-corrected chi connectivity index (χ0v) is 19.7. The largest absolute Gasteiger partial charge is 0.444 e. The molecule has 0 aliphatic rings. The molecule has 0 bridgehead atoms. The van der Waals surface area contributed by atoms with Crippen LogP contribution in [0.15, 0.2) is 0 Å². The highest BCUT2D eigenvalue weighted by Crippen LogP contribution is 2.06. The molecule has 1 unspecified atom stereocenters. The Morgan fingerprint density at radius 2 is 1.68 bits per heavy atom. The van der Waals surface area contributed by atoms with Gasteiger partial charge < -0.3 is 29.6 Å². The van der Waals surface area contributed by atoms with Crippen molar-refractivity contribution >= 4 is 17.9 Å². The van der Waals surface area contributed by atoms with Gasteiger partial charge >= 0.3 is 6.09 Å². The van der Waals surface area contributed by atoms with Crippen molar-refractivity contribution in [3.8, 4) is 0 Å². The maximum atomic E-state index is 12.2. The summed E-state index contributed by atoms with van der Waals surface area (Å²) < 4.78 is 21.3. The number of alkyl carbamates (subject to hydrolysis) is 1. The molecule has 4 N–H and O–H groups in total. The molecule has 0 radical (unpaired) electrons. The fourth-order valence-electron chi connectivity index (χ4n) is 2.25. The third-order valence-corrected chi connectivity index (χ3v) is 3.71. The topological polar surface area (TPSA) is 136 Å². The van der Waals surface area contributed by atoms with E-state index in [2.05, 4.69) is 21.5 Å². The summed E-state index contributed by atoms with van der Waals surface area (Å²) in [6, 6.07) is -0.851. The van der Waals surface area contributed by atoms with E-state index in [0.29, 0.717) is 13.2 Å². The maximum Gasteiger partial charge on any atom is 0.407 e. The number of nitrogens with one attached hydrogen (secondary N) is 4. The lowest BCUT2D eigenvalue weighted by Gasteiger charge is -2.24. The minimum Gasteiger partial charge on any atom is -0.444 e. The normalized spacial score (nSPS) is 13.2. The summed E-state index contributed by atoms with van der Waals surface area (Å²) in [6.45, 7) is 10.4. The van der Waals surface area contributed by atoms with Crippen molar-refractivity contribution in [1.82, 2.24) is 21.5 Å². The van der Waals surface area contributed by atoms with Crippen molar-refractivity contribution < 1.29 is 33.3 Å². The summed E-state index contributed by atoms with van der Waals surface area (Å²) in [5.74, 6) is -0.838. The van der Waals surface area contributed by atoms with Crippen LogP contribution in [0, 0.1) is 0 Å². The van der Waals surface area contributed by atoms with Crippen LogP contribution in [0.25, 0.3) is 0 Å². The fourth-order valence-corrected chi connectivity index (χ4v) is 2.25. The quantitative estimate of drug-likeness (QED) is 0.198. The Labute approximate surface area is 185 Å². The van der Waals surface area contributed by atoms with E-state index >= 15 is 0 Å². The van der Waals surface area contributed by atoms with Crippen molar-refractivity contribution in [2.45, 2.75) is 65.2 Å². The van der Waals surface area contributed by atoms with Crippen LogP contribution >= 0.6 is 0 Å². The molecule has 0 fully saturated rings. The van der Waals surface area contributed by atoms with E-state index in [-0.39, 0.29) is 26.4 Å². The number of rotatable bonds is 16. The third-order valence-electron chi connectivity index (χ3n) is 3.71. The van der Waals surface area contributed by atoms with Gasteiger partial charge in [0.2, 0.25) is 5.91 Å². The molecule has 0 aromatic heterocycles. The predicted octanol–water partition coefficient (Wildman–Crippen LogP) is 0.485. The van der Waals surface area contributed by atoms with Crippen LogP contribution < -0.4 is 21.5 Å². The lowest BCUT2D eigenvalue weighted by Crippen LogP contribution is -2.56. The molecule has 0 rings (SSSR count). The lowest BCUT2D eigenvalue weighted by atomic mass is 10.1. The van der Waals surface area contributed by atoms with Gasteiger partial charge in [-0.25, -0.2) is 10.2 Å². The highest BCUT2D eigenvalue weighted by atomic mass is 16.6. The molecule has 0 aliphatic carbocycles. The van der Waals surface area contributed by atoms with Gasteiger partial charge in [0, 0.05) is 20.2 Å². The highest BCUT2D eigenvalue weighted by Gasteiger charge is 2.27. The first-order valence-electron chi connectivity index (χ1n) is 10.6. The highest BCUT2D eigenvalue weighted by molar-refractivity contribution is 5.88. The first kappa shape index (κ1) is 29.1. The van der Waals surface area contributed by atoms with Gasteiger partial charge in [0.05, 0.1) is 25.9 Å². The van der Waals surface area contributed by atoms with E-state index in [1.54, 1.807) is 34.7 Å². The third kappa shape index (κ3) is 16.4. The number of carbonyl (C=O) groups is 3. The zero-order chi connectivity index (χ0) is 23.7. The Balaban J connectivity index is 4.06. The minimum absolute atomic E-state index is 0.190. The van der Waals surface area contributed by atoms with E-state index in [9.17, 15) is 14.4 Å². The van der Waals surface area contributed by atoms with Crippen molar-refractivity contribution in [2.75, 3.05) is 46.6 Å². The second-order valence-corrected chi connectivity index (χ2v) is 7.81. The second kappa shape index (κ2) is 16.7. The number of unbranched alkanes of at least 4 members (excludes halogenated alkanes) is 1.